The minimum atomic E-state index is -0.954. The maximum Gasteiger partial charge on any atom is 0.250 e. The number of para-hydroxylation sites is 1. The minimum Gasteiger partial charge on any atom is -0.495 e. The van der Waals surface area contributed by atoms with Crippen LogP contribution in [0.5, 0.6) is 23.0 Å². The standard InChI is InChI=1S/C23H18N2O5/c1-27-15-8-14(11-24-12-15)25-18-5-3-2-4-16(18)23(22(25)26)13-30-19-10-21-20(9-17(19)23)28-6-7-29-21/h2-5,8-12H,6-7,13H2,1H3. The van der Waals surface area contributed by atoms with E-state index in [0.29, 0.717) is 41.9 Å². The summed E-state index contributed by atoms with van der Waals surface area (Å²) in [5.41, 5.74) is 2.19. The Morgan fingerprint density at radius 3 is 2.60 bits per heavy atom. The predicted molar refractivity (Wildman–Crippen MR) is 108 cm³/mol. The van der Waals surface area contributed by atoms with Gasteiger partial charge in [0.25, 0.3) is 0 Å². The highest BCUT2D eigenvalue weighted by Crippen LogP contribution is 2.56. The predicted octanol–water partition coefficient (Wildman–Crippen LogP) is 3.22. The van der Waals surface area contributed by atoms with Crippen LogP contribution in [-0.4, -0.2) is 37.8 Å². The number of carbonyl (C=O) groups excluding carboxylic acids is 1. The molecule has 0 N–H and O–H groups in total. The zero-order valence-electron chi connectivity index (χ0n) is 16.3. The maximum atomic E-state index is 14.0. The molecule has 2 aromatic carbocycles. The van der Waals surface area contributed by atoms with E-state index in [1.54, 1.807) is 30.5 Å². The Balaban J connectivity index is 1.56. The molecule has 1 amide bonds. The first kappa shape index (κ1) is 17.1. The lowest BCUT2D eigenvalue weighted by Gasteiger charge is -2.24. The molecule has 3 aliphatic heterocycles. The highest BCUT2D eigenvalue weighted by atomic mass is 16.6. The van der Waals surface area contributed by atoms with Crippen molar-refractivity contribution in [1.29, 1.82) is 0 Å². The average molecular weight is 402 g/mol. The molecule has 1 aromatic heterocycles. The summed E-state index contributed by atoms with van der Waals surface area (Å²) in [5.74, 6) is 2.42. The lowest BCUT2D eigenvalue weighted by molar-refractivity contribution is -0.121. The van der Waals surface area contributed by atoms with Gasteiger partial charge >= 0.3 is 0 Å². The first-order valence-electron chi connectivity index (χ1n) is 9.72. The maximum absolute atomic E-state index is 14.0. The third kappa shape index (κ3) is 2.14. The molecule has 1 unspecified atom stereocenters. The third-order valence-corrected chi connectivity index (χ3v) is 5.91. The third-order valence-electron chi connectivity index (χ3n) is 5.91. The number of ether oxygens (including phenoxy) is 4. The van der Waals surface area contributed by atoms with Crippen molar-refractivity contribution in [1.82, 2.24) is 4.98 Å². The van der Waals surface area contributed by atoms with Gasteiger partial charge in [0.1, 0.15) is 36.7 Å². The van der Waals surface area contributed by atoms with Crippen LogP contribution in [-0.2, 0) is 10.2 Å². The summed E-state index contributed by atoms with van der Waals surface area (Å²) >= 11 is 0. The fourth-order valence-electron chi connectivity index (χ4n) is 4.53. The molecule has 0 saturated carbocycles. The number of nitrogens with zero attached hydrogens (tertiary/aromatic N) is 2. The van der Waals surface area contributed by atoms with Gasteiger partial charge in [-0.2, -0.15) is 0 Å². The number of pyridine rings is 1. The number of fused-ring (bicyclic) bond motifs is 5. The van der Waals surface area contributed by atoms with Gasteiger partial charge < -0.3 is 18.9 Å². The van der Waals surface area contributed by atoms with Crippen molar-refractivity contribution in [3.8, 4) is 23.0 Å². The van der Waals surface area contributed by atoms with E-state index in [-0.39, 0.29) is 12.5 Å². The summed E-state index contributed by atoms with van der Waals surface area (Å²) in [6, 6.07) is 13.3. The topological polar surface area (TPSA) is 70.1 Å². The quantitative estimate of drug-likeness (QED) is 0.656. The Labute approximate surface area is 172 Å². The molecule has 0 radical (unpaired) electrons. The number of methoxy groups -OCH3 is 1. The zero-order chi connectivity index (χ0) is 20.3. The summed E-state index contributed by atoms with van der Waals surface area (Å²) in [6.07, 6.45) is 3.28. The number of benzene rings is 2. The fourth-order valence-corrected chi connectivity index (χ4v) is 4.53. The number of carbonyl (C=O) groups is 1. The molecular weight excluding hydrogens is 384 g/mol. The van der Waals surface area contributed by atoms with Crippen LogP contribution in [0.2, 0.25) is 0 Å². The van der Waals surface area contributed by atoms with Gasteiger partial charge in [-0.1, -0.05) is 18.2 Å². The smallest absolute Gasteiger partial charge is 0.250 e. The number of rotatable bonds is 2. The molecule has 7 nitrogen and oxygen atoms in total. The van der Waals surface area contributed by atoms with Gasteiger partial charge in [0.05, 0.1) is 30.9 Å². The van der Waals surface area contributed by atoms with E-state index in [2.05, 4.69) is 4.98 Å². The molecule has 0 saturated heterocycles. The van der Waals surface area contributed by atoms with Crippen molar-refractivity contribution in [2.45, 2.75) is 5.41 Å². The Morgan fingerprint density at radius 1 is 0.967 bits per heavy atom. The summed E-state index contributed by atoms with van der Waals surface area (Å²) in [4.78, 5) is 20.0. The van der Waals surface area contributed by atoms with E-state index < -0.39 is 5.41 Å². The SMILES string of the molecule is COc1cncc(N2C(=O)C3(COc4cc5c(cc43)OCCO5)c3ccccc32)c1. The van der Waals surface area contributed by atoms with Crippen LogP contribution in [0.1, 0.15) is 11.1 Å². The van der Waals surface area contributed by atoms with Crippen molar-refractivity contribution >= 4 is 17.3 Å². The van der Waals surface area contributed by atoms with Crippen molar-refractivity contribution in [2.75, 3.05) is 31.8 Å². The number of hydrogen-bond acceptors (Lipinski definition) is 6. The second kappa shape index (κ2) is 6.13. The monoisotopic (exact) mass is 402 g/mol. The van der Waals surface area contributed by atoms with Gasteiger partial charge in [-0.25, -0.2) is 0 Å². The van der Waals surface area contributed by atoms with Crippen LogP contribution in [0.4, 0.5) is 11.4 Å². The van der Waals surface area contributed by atoms with Crippen LogP contribution < -0.4 is 23.8 Å². The van der Waals surface area contributed by atoms with E-state index in [9.17, 15) is 4.79 Å². The van der Waals surface area contributed by atoms with Gasteiger partial charge in [-0.15, -0.1) is 0 Å². The highest BCUT2D eigenvalue weighted by Gasteiger charge is 2.57. The number of amides is 1. The Bertz CT molecular complexity index is 1190. The highest BCUT2D eigenvalue weighted by molar-refractivity contribution is 6.15. The summed E-state index contributed by atoms with van der Waals surface area (Å²) < 4.78 is 22.8. The van der Waals surface area contributed by atoms with E-state index in [1.165, 1.54) is 0 Å². The van der Waals surface area contributed by atoms with Gasteiger partial charge in [-0.05, 0) is 17.7 Å². The average Bonchev–Trinajstić information content (AvgIpc) is 3.29. The van der Waals surface area contributed by atoms with Gasteiger partial charge in [0, 0.05) is 17.7 Å². The molecule has 0 aliphatic carbocycles. The van der Waals surface area contributed by atoms with Crippen LogP contribution in [0.15, 0.2) is 54.9 Å². The molecule has 4 heterocycles. The molecule has 30 heavy (non-hydrogen) atoms. The van der Waals surface area contributed by atoms with E-state index in [1.807, 2.05) is 36.4 Å². The van der Waals surface area contributed by atoms with Crippen LogP contribution in [0.25, 0.3) is 0 Å². The van der Waals surface area contributed by atoms with E-state index >= 15 is 0 Å². The molecule has 1 spiro atoms. The number of aromatic nitrogens is 1. The van der Waals surface area contributed by atoms with E-state index in [4.69, 9.17) is 18.9 Å². The van der Waals surface area contributed by atoms with Crippen molar-refractivity contribution in [2.24, 2.45) is 0 Å². The Morgan fingerprint density at radius 2 is 1.77 bits per heavy atom. The molecule has 6 rings (SSSR count). The van der Waals surface area contributed by atoms with Crippen LogP contribution in [0, 0.1) is 0 Å². The fraction of sp³-hybridized carbons (Fsp3) is 0.217. The molecule has 0 fully saturated rings. The summed E-state index contributed by atoms with van der Waals surface area (Å²) in [6.45, 7) is 1.19. The Kier molecular flexibility index (Phi) is 3.50. The summed E-state index contributed by atoms with van der Waals surface area (Å²) in [7, 11) is 1.58. The number of anilines is 2. The zero-order valence-corrected chi connectivity index (χ0v) is 16.3. The summed E-state index contributed by atoms with van der Waals surface area (Å²) in [5, 5.41) is 0. The van der Waals surface area contributed by atoms with Gasteiger partial charge in [-0.3, -0.25) is 14.7 Å². The van der Waals surface area contributed by atoms with Crippen molar-refractivity contribution < 1.29 is 23.7 Å². The van der Waals surface area contributed by atoms with Crippen molar-refractivity contribution in [3.63, 3.8) is 0 Å². The lowest BCUT2D eigenvalue weighted by atomic mass is 9.77. The molecule has 7 heteroatoms. The minimum absolute atomic E-state index is 0.0887. The van der Waals surface area contributed by atoms with Crippen LogP contribution >= 0.6 is 0 Å². The van der Waals surface area contributed by atoms with Crippen LogP contribution in [0.3, 0.4) is 0 Å². The van der Waals surface area contributed by atoms with Gasteiger partial charge in [0.2, 0.25) is 5.91 Å². The van der Waals surface area contributed by atoms with Crippen molar-refractivity contribution in [3.05, 3.63) is 66.0 Å². The normalized spacial score (nSPS) is 20.7. The molecule has 0 bridgehead atoms. The molecule has 150 valence electrons. The second-order valence-electron chi connectivity index (χ2n) is 7.43. The largest absolute Gasteiger partial charge is 0.495 e. The van der Waals surface area contributed by atoms with Gasteiger partial charge in [0.15, 0.2) is 11.5 Å². The molecule has 1 atom stereocenters. The molecular formula is C23H18N2O5. The first-order valence-corrected chi connectivity index (χ1v) is 9.72. The molecule has 3 aliphatic rings. The lowest BCUT2D eigenvalue weighted by Crippen LogP contribution is -2.40. The Hall–Kier alpha value is -3.74. The second-order valence-corrected chi connectivity index (χ2v) is 7.43. The number of hydrogen-bond donors (Lipinski definition) is 0. The first-order chi connectivity index (χ1) is 14.7. The van der Waals surface area contributed by atoms with E-state index in [0.717, 1.165) is 16.8 Å². The molecule has 3 aromatic rings.